The van der Waals surface area contributed by atoms with Gasteiger partial charge in [0.05, 0.1) is 25.2 Å². The maximum absolute atomic E-state index is 13.3. The van der Waals surface area contributed by atoms with Crippen molar-refractivity contribution >= 4 is 11.9 Å². The molecule has 0 rings (SSSR count). The molecule has 0 heterocycles. The molecular weight excluding hydrogens is 815 g/mol. The minimum atomic E-state index is -0.798. The first kappa shape index (κ1) is 63.6. The molecule has 0 aliphatic heterocycles. The Labute approximate surface area is 409 Å². The van der Waals surface area contributed by atoms with Gasteiger partial charge in [-0.3, -0.25) is 9.59 Å². The highest BCUT2D eigenvalue weighted by atomic mass is 16.5. The summed E-state index contributed by atoms with van der Waals surface area (Å²) >= 11 is 0. The number of unbranched alkanes of at least 4 members (excludes halogenated alkanes) is 29. The number of aliphatic hydroxyl groups excluding tert-OH is 2. The first-order valence-corrected chi connectivity index (χ1v) is 28.5. The molecule has 0 radical (unpaired) electrons. The second-order valence-corrected chi connectivity index (χ2v) is 19.3. The Morgan fingerprint density at radius 2 is 0.803 bits per heavy atom. The van der Waals surface area contributed by atoms with Crippen LogP contribution in [0.3, 0.4) is 0 Å². The van der Waals surface area contributed by atoms with E-state index in [1.165, 1.54) is 154 Å². The van der Waals surface area contributed by atoms with E-state index in [1.54, 1.807) is 0 Å². The smallest absolute Gasteiger partial charge is 0.306 e. The van der Waals surface area contributed by atoms with Crippen LogP contribution in [-0.2, 0) is 14.3 Å². The summed E-state index contributed by atoms with van der Waals surface area (Å²) in [7, 11) is 0. The predicted molar refractivity (Wildman–Crippen MR) is 287 cm³/mol. The minimum absolute atomic E-state index is 0.0569. The van der Waals surface area contributed by atoms with Crippen molar-refractivity contribution in [3.8, 4) is 0 Å². The zero-order valence-corrected chi connectivity index (χ0v) is 43.8. The van der Waals surface area contributed by atoms with Crippen LogP contribution < -0.4 is 5.32 Å². The molecular formula is C60H109NO5. The fourth-order valence-electron chi connectivity index (χ4n) is 8.59. The minimum Gasteiger partial charge on any atom is -0.462 e. The van der Waals surface area contributed by atoms with E-state index in [9.17, 15) is 19.8 Å². The van der Waals surface area contributed by atoms with Crippen LogP contribution in [0, 0.1) is 0 Å². The zero-order chi connectivity index (χ0) is 48.1. The molecule has 0 spiro atoms. The summed E-state index contributed by atoms with van der Waals surface area (Å²) in [6, 6.07) is -0.713. The molecule has 384 valence electrons. The summed E-state index contributed by atoms with van der Waals surface area (Å²) in [6.45, 7) is 6.39. The van der Waals surface area contributed by atoms with Crippen LogP contribution in [0.4, 0.5) is 0 Å². The lowest BCUT2D eigenvalue weighted by atomic mass is 10.0. The van der Waals surface area contributed by atoms with Gasteiger partial charge in [0.25, 0.3) is 0 Å². The topological polar surface area (TPSA) is 95.9 Å². The quantitative estimate of drug-likeness (QED) is 0.0321. The maximum Gasteiger partial charge on any atom is 0.306 e. The Kier molecular flexibility index (Phi) is 51.5. The molecule has 0 aliphatic carbocycles. The average Bonchev–Trinajstić information content (AvgIpc) is 3.31. The summed E-state index contributed by atoms with van der Waals surface area (Å²) < 4.78 is 5.93. The van der Waals surface area contributed by atoms with Crippen molar-refractivity contribution in [1.82, 2.24) is 5.32 Å². The summed E-state index contributed by atoms with van der Waals surface area (Å²) in [6.07, 6.45) is 67.2. The van der Waals surface area contributed by atoms with Gasteiger partial charge in [-0.25, -0.2) is 0 Å². The Morgan fingerprint density at radius 1 is 0.455 bits per heavy atom. The number of amides is 1. The summed E-state index contributed by atoms with van der Waals surface area (Å²) in [4.78, 5) is 26.2. The normalized spacial score (nSPS) is 13.6. The average molecular weight is 925 g/mol. The van der Waals surface area contributed by atoms with E-state index in [1.807, 2.05) is 0 Å². The van der Waals surface area contributed by atoms with Crippen LogP contribution in [0.15, 0.2) is 60.8 Å². The standard InChI is InChI=1S/C60H109NO5/c1-4-7-10-13-16-19-22-25-28-30-32-35-38-41-44-47-50-53-60(65)66-56(51-48-45-42-39-36-33-31-29-26-23-20-17-14-11-8-5-2)54-59(64)61-57(55-62)58(63)52-49-46-43-40-37-34-27-24-21-18-15-12-9-6-3/h7,10,16,19,25,28,32,35,41,44,56-58,62-63H,4-6,8-9,11-15,17-18,20-24,26-27,29-31,33-34,36-40,42-43,45-55H2,1-3H3,(H,61,64)/b10-7-,19-16-,28-25-,35-32-,44-41-. The summed E-state index contributed by atoms with van der Waals surface area (Å²) in [5, 5.41) is 23.9. The van der Waals surface area contributed by atoms with E-state index in [-0.39, 0.29) is 24.9 Å². The molecule has 3 N–H and O–H groups in total. The molecule has 0 saturated heterocycles. The van der Waals surface area contributed by atoms with Crippen LogP contribution in [0.5, 0.6) is 0 Å². The first-order chi connectivity index (χ1) is 32.5. The maximum atomic E-state index is 13.3. The van der Waals surface area contributed by atoms with Gasteiger partial charge in [0.15, 0.2) is 0 Å². The van der Waals surface area contributed by atoms with E-state index in [4.69, 9.17) is 4.74 Å². The molecule has 1 amide bonds. The molecule has 6 heteroatoms. The van der Waals surface area contributed by atoms with E-state index in [0.29, 0.717) is 25.7 Å². The molecule has 0 aromatic rings. The number of rotatable bonds is 51. The van der Waals surface area contributed by atoms with Gasteiger partial charge in [-0.15, -0.1) is 0 Å². The van der Waals surface area contributed by atoms with Gasteiger partial charge in [0, 0.05) is 6.42 Å². The molecule has 0 bridgehead atoms. The molecule has 0 fully saturated rings. The molecule has 3 atom stereocenters. The number of hydrogen-bond donors (Lipinski definition) is 3. The van der Waals surface area contributed by atoms with Gasteiger partial charge in [-0.05, 0) is 64.2 Å². The lowest BCUT2D eigenvalue weighted by molar-refractivity contribution is -0.151. The highest BCUT2D eigenvalue weighted by Gasteiger charge is 2.24. The van der Waals surface area contributed by atoms with Gasteiger partial charge in [-0.2, -0.15) is 0 Å². The monoisotopic (exact) mass is 924 g/mol. The van der Waals surface area contributed by atoms with E-state index >= 15 is 0 Å². The van der Waals surface area contributed by atoms with Crippen LogP contribution in [0.25, 0.3) is 0 Å². The van der Waals surface area contributed by atoms with E-state index in [2.05, 4.69) is 86.8 Å². The van der Waals surface area contributed by atoms with E-state index < -0.39 is 18.2 Å². The fraction of sp³-hybridized carbons (Fsp3) is 0.800. The Morgan fingerprint density at radius 3 is 1.18 bits per heavy atom. The summed E-state index contributed by atoms with van der Waals surface area (Å²) in [5.41, 5.74) is 0. The van der Waals surface area contributed by atoms with Crippen molar-refractivity contribution in [2.45, 2.75) is 302 Å². The lowest BCUT2D eigenvalue weighted by Gasteiger charge is -2.24. The highest BCUT2D eigenvalue weighted by Crippen LogP contribution is 2.18. The number of allylic oxidation sites excluding steroid dienone is 10. The van der Waals surface area contributed by atoms with Gasteiger partial charge in [0.2, 0.25) is 5.91 Å². The molecule has 0 aliphatic rings. The van der Waals surface area contributed by atoms with Gasteiger partial charge >= 0.3 is 5.97 Å². The molecule has 0 saturated carbocycles. The Bertz CT molecular complexity index is 1170. The Hall–Kier alpha value is -2.44. The fourth-order valence-corrected chi connectivity index (χ4v) is 8.59. The highest BCUT2D eigenvalue weighted by molar-refractivity contribution is 5.77. The van der Waals surface area contributed by atoms with E-state index in [0.717, 1.165) is 77.0 Å². The SMILES string of the molecule is CC/C=C\C/C=C\C/C=C\C/C=C\C/C=C\CCCC(=O)OC(CCCCCCCCCCCCCCCCCC)CC(=O)NC(CO)C(O)CCCCCCCCCCCCCCCC. The van der Waals surface area contributed by atoms with Crippen molar-refractivity contribution < 1.29 is 24.5 Å². The van der Waals surface area contributed by atoms with Gasteiger partial charge < -0.3 is 20.3 Å². The number of ether oxygens (including phenoxy) is 1. The number of esters is 1. The van der Waals surface area contributed by atoms with Crippen LogP contribution in [0.1, 0.15) is 284 Å². The van der Waals surface area contributed by atoms with Crippen molar-refractivity contribution in [2.75, 3.05) is 6.61 Å². The molecule has 0 aromatic carbocycles. The third kappa shape index (κ3) is 48.0. The second-order valence-electron chi connectivity index (χ2n) is 19.3. The van der Waals surface area contributed by atoms with Crippen molar-refractivity contribution in [1.29, 1.82) is 0 Å². The third-order valence-corrected chi connectivity index (χ3v) is 12.9. The second kappa shape index (κ2) is 53.5. The van der Waals surface area contributed by atoms with Crippen molar-refractivity contribution in [2.24, 2.45) is 0 Å². The zero-order valence-electron chi connectivity index (χ0n) is 43.8. The van der Waals surface area contributed by atoms with Crippen LogP contribution in [0.2, 0.25) is 0 Å². The third-order valence-electron chi connectivity index (χ3n) is 12.9. The van der Waals surface area contributed by atoms with Crippen molar-refractivity contribution in [3.05, 3.63) is 60.8 Å². The molecule has 66 heavy (non-hydrogen) atoms. The first-order valence-electron chi connectivity index (χ1n) is 28.5. The van der Waals surface area contributed by atoms with Gasteiger partial charge in [0.1, 0.15) is 6.10 Å². The van der Waals surface area contributed by atoms with Gasteiger partial charge in [-0.1, -0.05) is 268 Å². The number of nitrogens with one attached hydrogen (secondary N) is 1. The summed E-state index contributed by atoms with van der Waals surface area (Å²) in [5.74, 6) is -0.532. The predicted octanol–water partition coefficient (Wildman–Crippen LogP) is 17.6. The molecule has 0 aromatic heterocycles. The largest absolute Gasteiger partial charge is 0.462 e. The number of carbonyl (C=O) groups excluding carboxylic acids is 2. The Balaban J connectivity index is 4.64. The lowest BCUT2D eigenvalue weighted by Crippen LogP contribution is -2.46. The number of aliphatic hydroxyl groups is 2. The van der Waals surface area contributed by atoms with Crippen LogP contribution >= 0.6 is 0 Å². The van der Waals surface area contributed by atoms with Crippen LogP contribution in [-0.4, -0.2) is 46.9 Å². The molecule has 3 unspecified atom stereocenters. The number of hydrogen-bond acceptors (Lipinski definition) is 5. The van der Waals surface area contributed by atoms with Crippen molar-refractivity contribution in [3.63, 3.8) is 0 Å². The molecule has 6 nitrogen and oxygen atoms in total. The number of carbonyl (C=O) groups is 2.